The van der Waals surface area contributed by atoms with Crippen LogP contribution in [0.15, 0.2) is 24.3 Å². The Bertz CT molecular complexity index is 322. The number of hydrogen-bond acceptors (Lipinski definition) is 3. The van der Waals surface area contributed by atoms with Gasteiger partial charge in [0.25, 0.3) is 0 Å². The Kier molecular flexibility index (Phi) is 7.24. The van der Waals surface area contributed by atoms with Gasteiger partial charge in [-0.15, -0.1) is 0 Å². The maximum atomic E-state index is 13.3. The highest BCUT2D eigenvalue weighted by atomic mass is 32.2. The van der Waals surface area contributed by atoms with E-state index in [1.165, 1.54) is 6.07 Å². The first kappa shape index (κ1) is 14.5. The molecular formula is C13H20FNOS. The van der Waals surface area contributed by atoms with Crippen LogP contribution in [0.2, 0.25) is 0 Å². The summed E-state index contributed by atoms with van der Waals surface area (Å²) >= 11 is 1.90. The fourth-order valence-electron chi connectivity index (χ4n) is 1.54. The van der Waals surface area contributed by atoms with Gasteiger partial charge in [-0.1, -0.05) is 25.1 Å². The van der Waals surface area contributed by atoms with E-state index in [9.17, 15) is 9.50 Å². The van der Waals surface area contributed by atoms with Crippen molar-refractivity contribution in [3.8, 4) is 0 Å². The SMILES string of the molecule is CCSCCCNCC(O)c1ccccc1F. The molecule has 1 rings (SSSR count). The predicted molar refractivity (Wildman–Crippen MR) is 71.8 cm³/mol. The summed E-state index contributed by atoms with van der Waals surface area (Å²) in [6.45, 7) is 3.40. The van der Waals surface area contributed by atoms with E-state index in [1.807, 2.05) is 11.8 Å². The second kappa shape index (κ2) is 8.50. The molecule has 17 heavy (non-hydrogen) atoms. The molecule has 0 radical (unpaired) electrons. The van der Waals surface area contributed by atoms with Crippen LogP contribution in [0.5, 0.6) is 0 Å². The van der Waals surface area contributed by atoms with Crippen molar-refractivity contribution in [2.24, 2.45) is 0 Å². The highest BCUT2D eigenvalue weighted by molar-refractivity contribution is 7.99. The summed E-state index contributed by atoms with van der Waals surface area (Å²) in [6, 6.07) is 6.35. The number of thioether (sulfide) groups is 1. The Labute approximate surface area is 107 Å². The van der Waals surface area contributed by atoms with Gasteiger partial charge in [-0.3, -0.25) is 0 Å². The van der Waals surface area contributed by atoms with Crippen LogP contribution in [0.25, 0.3) is 0 Å². The molecule has 1 atom stereocenters. The van der Waals surface area contributed by atoms with Gasteiger partial charge >= 0.3 is 0 Å². The first-order valence-electron chi connectivity index (χ1n) is 5.96. The van der Waals surface area contributed by atoms with Crippen molar-refractivity contribution in [2.75, 3.05) is 24.6 Å². The molecule has 0 amide bonds. The van der Waals surface area contributed by atoms with E-state index in [0.29, 0.717) is 12.1 Å². The molecule has 0 saturated heterocycles. The molecule has 96 valence electrons. The van der Waals surface area contributed by atoms with E-state index < -0.39 is 6.10 Å². The van der Waals surface area contributed by atoms with E-state index in [0.717, 1.165) is 24.5 Å². The van der Waals surface area contributed by atoms with Crippen molar-refractivity contribution < 1.29 is 9.50 Å². The largest absolute Gasteiger partial charge is 0.387 e. The molecule has 1 aromatic carbocycles. The van der Waals surface area contributed by atoms with Gasteiger partial charge in [0, 0.05) is 12.1 Å². The summed E-state index contributed by atoms with van der Waals surface area (Å²) in [5.41, 5.74) is 0.364. The average Bonchev–Trinajstić information content (AvgIpc) is 2.34. The summed E-state index contributed by atoms with van der Waals surface area (Å²) in [6.07, 6.45) is 0.303. The van der Waals surface area contributed by atoms with Crippen LogP contribution in [0.1, 0.15) is 25.0 Å². The summed E-state index contributed by atoms with van der Waals surface area (Å²) in [5, 5.41) is 12.9. The molecule has 0 spiro atoms. The van der Waals surface area contributed by atoms with Crippen molar-refractivity contribution >= 4 is 11.8 Å². The van der Waals surface area contributed by atoms with Gasteiger partial charge in [0.2, 0.25) is 0 Å². The third-order valence-corrected chi connectivity index (χ3v) is 3.43. The van der Waals surface area contributed by atoms with Crippen molar-refractivity contribution in [2.45, 2.75) is 19.4 Å². The summed E-state index contributed by atoms with van der Waals surface area (Å²) in [4.78, 5) is 0. The van der Waals surface area contributed by atoms with Gasteiger partial charge in [0.05, 0.1) is 6.10 Å². The van der Waals surface area contributed by atoms with Crippen LogP contribution in [-0.4, -0.2) is 29.7 Å². The van der Waals surface area contributed by atoms with Crippen LogP contribution < -0.4 is 5.32 Å². The molecule has 0 aliphatic carbocycles. The maximum Gasteiger partial charge on any atom is 0.129 e. The zero-order valence-electron chi connectivity index (χ0n) is 10.2. The highest BCUT2D eigenvalue weighted by Gasteiger charge is 2.10. The van der Waals surface area contributed by atoms with Crippen LogP contribution in [-0.2, 0) is 0 Å². The third-order valence-electron chi connectivity index (χ3n) is 2.45. The van der Waals surface area contributed by atoms with Crippen LogP contribution in [0.3, 0.4) is 0 Å². The van der Waals surface area contributed by atoms with Crippen molar-refractivity contribution in [3.63, 3.8) is 0 Å². The van der Waals surface area contributed by atoms with Crippen molar-refractivity contribution in [3.05, 3.63) is 35.6 Å². The van der Waals surface area contributed by atoms with E-state index in [1.54, 1.807) is 18.2 Å². The average molecular weight is 257 g/mol. The Morgan fingerprint density at radius 2 is 2.18 bits per heavy atom. The topological polar surface area (TPSA) is 32.3 Å². The molecule has 0 heterocycles. The quantitative estimate of drug-likeness (QED) is 0.702. The zero-order chi connectivity index (χ0) is 12.5. The number of aliphatic hydroxyl groups is 1. The van der Waals surface area contributed by atoms with Gasteiger partial charge < -0.3 is 10.4 Å². The molecule has 2 nitrogen and oxygen atoms in total. The highest BCUT2D eigenvalue weighted by Crippen LogP contribution is 2.15. The monoisotopic (exact) mass is 257 g/mol. The number of hydrogen-bond donors (Lipinski definition) is 2. The molecule has 0 fully saturated rings. The summed E-state index contributed by atoms with van der Waals surface area (Å²) < 4.78 is 13.3. The van der Waals surface area contributed by atoms with Crippen LogP contribution >= 0.6 is 11.8 Å². The smallest absolute Gasteiger partial charge is 0.129 e. The Morgan fingerprint density at radius 1 is 1.41 bits per heavy atom. The molecule has 1 unspecified atom stereocenters. The standard InChI is InChI=1S/C13H20FNOS/c1-2-17-9-5-8-15-10-13(16)11-6-3-4-7-12(11)14/h3-4,6-7,13,15-16H,2,5,8-10H2,1H3. The molecule has 4 heteroatoms. The lowest BCUT2D eigenvalue weighted by Crippen LogP contribution is -2.23. The Hall–Kier alpha value is -0.580. The fourth-order valence-corrected chi connectivity index (χ4v) is 2.17. The molecule has 0 aliphatic heterocycles. The molecule has 2 N–H and O–H groups in total. The van der Waals surface area contributed by atoms with Crippen LogP contribution in [0, 0.1) is 5.82 Å². The van der Waals surface area contributed by atoms with Crippen molar-refractivity contribution in [1.29, 1.82) is 0 Å². The third kappa shape index (κ3) is 5.52. The van der Waals surface area contributed by atoms with Gasteiger partial charge in [-0.05, 0) is 30.5 Å². The van der Waals surface area contributed by atoms with Gasteiger partial charge in [0.1, 0.15) is 5.82 Å². The minimum atomic E-state index is -0.768. The second-order valence-electron chi connectivity index (χ2n) is 3.79. The normalized spacial score (nSPS) is 12.6. The molecule has 1 aromatic rings. The predicted octanol–water partition coefficient (Wildman–Crippen LogP) is 2.59. The van der Waals surface area contributed by atoms with E-state index in [4.69, 9.17) is 0 Å². The minimum Gasteiger partial charge on any atom is -0.387 e. The van der Waals surface area contributed by atoms with Crippen molar-refractivity contribution in [1.82, 2.24) is 5.32 Å². The van der Waals surface area contributed by atoms with Gasteiger partial charge in [-0.2, -0.15) is 11.8 Å². The number of halogens is 1. The number of rotatable bonds is 8. The lowest BCUT2D eigenvalue weighted by atomic mass is 10.1. The Balaban J connectivity index is 2.21. The molecule has 0 bridgehead atoms. The number of nitrogens with one attached hydrogen (secondary N) is 1. The van der Waals surface area contributed by atoms with E-state index >= 15 is 0 Å². The summed E-state index contributed by atoms with van der Waals surface area (Å²) in [7, 11) is 0. The summed E-state index contributed by atoms with van der Waals surface area (Å²) in [5.74, 6) is 1.92. The zero-order valence-corrected chi connectivity index (χ0v) is 11.0. The fraction of sp³-hybridized carbons (Fsp3) is 0.538. The number of benzene rings is 1. The maximum absolute atomic E-state index is 13.3. The first-order valence-corrected chi connectivity index (χ1v) is 7.12. The lowest BCUT2D eigenvalue weighted by Gasteiger charge is -2.12. The molecule has 0 saturated carbocycles. The van der Waals surface area contributed by atoms with Gasteiger partial charge in [-0.25, -0.2) is 4.39 Å². The molecule has 0 aromatic heterocycles. The van der Waals surface area contributed by atoms with E-state index in [2.05, 4.69) is 12.2 Å². The second-order valence-corrected chi connectivity index (χ2v) is 5.19. The Morgan fingerprint density at radius 3 is 2.88 bits per heavy atom. The van der Waals surface area contributed by atoms with E-state index in [-0.39, 0.29) is 5.82 Å². The lowest BCUT2D eigenvalue weighted by molar-refractivity contribution is 0.170. The number of aliphatic hydroxyl groups excluding tert-OH is 1. The molecular weight excluding hydrogens is 237 g/mol. The van der Waals surface area contributed by atoms with Gasteiger partial charge in [0.15, 0.2) is 0 Å². The molecule has 0 aliphatic rings. The first-order chi connectivity index (χ1) is 8.25. The minimum absolute atomic E-state index is 0.344. The van der Waals surface area contributed by atoms with Crippen LogP contribution in [0.4, 0.5) is 4.39 Å².